The number of hydrogen-bond acceptors (Lipinski definition) is 1. The quantitative estimate of drug-likeness (QED) is 0.707. The Morgan fingerprint density at radius 2 is 2.00 bits per heavy atom. The number of carbonyl (C=O) groups excluding carboxylic acids is 1. The summed E-state index contributed by atoms with van der Waals surface area (Å²) in [6.45, 7) is 0.903. The van der Waals surface area contributed by atoms with Crippen molar-refractivity contribution in [1.82, 2.24) is 0 Å². The van der Waals surface area contributed by atoms with Gasteiger partial charge in [-0.2, -0.15) is 0 Å². The molecule has 0 saturated heterocycles. The molecule has 0 aromatic heterocycles. The topological polar surface area (TPSA) is 20.3 Å². The third-order valence-electron chi connectivity index (χ3n) is 3.22. The molecule has 2 heterocycles. The predicted molar refractivity (Wildman–Crippen MR) is 63.1 cm³/mol. The van der Waals surface area contributed by atoms with Gasteiger partial charge in [0.05, 0.1) is 12.1 Å². The fraction of sp³-hybridized carbons (Fsp3) is 0.417. The van der Waals surface area contributed by atoms with Crippen molar-refractivity contribution in [3.05, 3.63) is 27.7 Å². The second-order valence-electron chi connectivity index (χ2n) is 4.25. The zero-order valence-corrected chi connectivity index (χ0v) is 10.0. The second-order valence-corrected chi connectivity index (χ2v) is 5.17. The van der Waals surface area contributed by atoms with Crippen molar-refractivity contribution in [1.29, 1.82) is 0 Å². The van der Waals surface area contributed by atoms with Crippen LogP contribution in [0, 0.1) is 0 Å². The van der Waals surface area contributed by atoms with Gasteiger partial charge in [-0.25, -0.2) is 0 Å². The molecule has 3 rings (SSSR count). The molecule has 0 N–H and O–H groups in total. The maximum Gasteiger partial charge on any atom is 0.231 e. The van der Waals surface area contributed by atoms with Crippen molar-refractivity contribution in [2.45, 2.75) is 25.7 Å². The third kappa shape index (κ3) is 1.41. The molecule has 0 aliphatic carbocycles. The number of nitrogens with zero attached hydrogens (tertiary/aromatic N) is 1. The van der Waals surface area contributed by atoms with Crippen LogP contribution in [-0.4, -0.2) is 12.5 Å². The van der Waals surface area contributed by atoms with E-state index < -0.39 is 0 Å². The van der Waals surface area contributed by atoms with Gasteiger partial charge in [0.1, 0.15) is 0 Å². The third-order valence-corrected chi connectivity index (χ3v) is 3.68. The van der Waals surface area contributed by atoms with Crippen LogP contribution in [-0.2, 0) is 17.6 Å². The zero-order chi connectivity index (χ0) is 10.4. The smallest absolute Gasteiger partial charge is 0.231 e. The van der Waals surface area contributed by atoms with E-state index in [0.29, 0.717) is 6.42 Å². The van der Waals surface area contributed by atoms with Crippen LogP contribution in [0.4, 0.5) is 5.69 Å². The van der Waals surface area contributed by atoms with Crippen molar-refractivity contribution in [2.75, 3.05) is 11.4 Å². The van der Waals surface area contributed by atoms with Crippen molar-refractivity contribution in [2.24, 2.45) is 0 Å². The van der Waals surface area contributed by atoms with Crippen LogP contribution in [0.1, 0.15) is 24.0 Å². The maximum absolute atomic E-state index is 11.8. The van der Waals surface area contributed by atoms with E-state index in [1.807, 2.05) is 4.90 Å². The highest BCUT2D eigenvalue weighted by atomic mass is 79.9. The van der Waals surface area contributed by atoms with Crippen LogP contribution in [0.5, 0.6) is 0 Å². The van der Waals surface area contributed by atoms with Crippen molar-refractivity contribution < 1.29 is 4.79 Å². The van der Waals surface area contributed by atoms with E-state index in [4.69, 9.17) is 0 Å². The summed E-state index contributed by atoms with van der Waals surface area (Å²) in [5.41, 5.74) is 3.75. The van der Waals surface area contributed by atoms with E-state index in [2.05, 4.69) is 28.1 Å². The van der Waals surface area contributed by atoms with Gasteiger partial charge in [-0.1, -0.05) is 15.9 Å². The fourth-order valence-corrected chi connectivity index (χ4v) is 3.15. The average molecular weight is 266 g/mol. The van der Waals surface area contributed by atoms with Gasteiger partial charge in [0.15, 0.2) is 0 Å². The standard InChI is InChI=1S/C12H12BrNO/c13-10-5-8-3-1-2-4-14-11(15)7-9(6-10)12(8)14/h5-6H,1-4,7H2. The first kappa shape index (κ1) is 9.40. The van der Waals surface area contributed by atoms with Gasteiger partial charge in [0, 0.05) is 11.0 Å². The zero-order valence-electron chi connectivity index (χ0n) is 8.42. The maximum atomic E-state index is 11.8. The normalized spacial score (nSPS) is 19.0. The second kappa shape index (κ2) is 3.34. The van der Waals surface area contributed by atoms with Gasteiger partial charge in [-0.05, 0) is 42.5 Å². The molecule has 0 bridgehead atoms. The minimum Gasteiger partial charge on any atom is -0.312 e. The number of aryl methyl sites for hydroxylation is 1. The van der Waals surface area contributed by atoms with Crippen molar-refractivity contribution >= 4 is 27.5 Å². The van der Waals surface area contributed by atoms with Gasteiger partial charge < -0.3 is 4.90 Å². The Morgan fingerprint density at radius 1 is 1.20 bits per heavy atom. The van der Waals surface area contributed by atoms with Crippen molar-refractivity contribution in [3.8, 4) is 0 Å². The van der Waals surface area contributed by atoms with Gasteiger partial charge in [0.2, 0.25) is 5.91 Å². The molecule has 2 aliphatic heterocycles. The minimum absolute atomic E-state index is 0.270. The molecule has 0 saturated carbocycles. The summed E-state index contributed by atoms with van der Waals surface area (Å²) in [4.78, 5) is 13.8. The van der Waals surface area contributed by atoms with E-state index in [1.54, 1.807) is 0 Å². The van der Waals surface area contributed by atoms with Gasteiger partial charge in [-0.15, -0.1) is 0 Å². The number of carbonyl (C=O) groups is 1. The molecule has 0 radical (unpaired) electrons. The van der Waals surface area contributed by atoms with Crippen molar-refractivity contribution in [3.63, 3.8) is 0 Å². The largest absolute Gasteiger partial charge is 0.312 e. The lowest BCUT2D eigenvalue weighted by atomic mass is 10.0. The van der Waals surface area contributed by atoms with Crippen LogP contribution >= 0.6 is 15.9 Å². The van der Waals surface area contributed by atoms with Crippen LogP contribution in [0.25, 0.3) is 0 Å². The Hall–Kier alpha value is -0.830. The molecule has 1 amide bonds. The molecule has 0 atom stereocenters. The SMILES string of the molecule is O=C1Cc2cc(Br)cc3c2N1CCCC3. The summed E-state index contributed by atoms with van der Waals surface area (Å²) in [6, 6.07) is 4.25. The van der Waals surface area contributed by atoms with Crippen LogP contribution in [0.2, 0.25) is 0 Å². The average Bonchev–Trinajstić information content (AvgIpc) is 2.39. The first-order chi connectivity index (χ1) is 7.25. The number of halogens is 1. The predicted octanol–water partition coefficient (Wildman–Crippen LogP) is 2.67. The summed E-state index contributed by atoms with van der Waals surface area (Å²) in [5.74, 6) is 0.270. The molecule has 2 nitrogen and oxygen atoms in total. The molecule has 3 heteroatoms. The number of benzene rings is 1. The summed E-state index contributed by atoms with van der Waals surface area (Å²) >= 11 is 3.52. The van der Waals surface area contributed by atoms with E-state index in [0.717, 1.165) is 23.9 Å². The highest BCUT2D eigenvalue weighted by Crippen LogP contribution is 2.37. The Morgan fingerprint density at radius 3 is 2.87 bits per heavy atom. The molecule has 0 fully saturated rings. The molecular formula is C12H12BrNO. The van der Waals surface area contributed by atoms with E-state index in [-0.39, 0.29) is 5.91 Å². The first-order valence-electron chi connectivity index (χ1n) is 5.37. The van der Waals surface area contributed by atoms with Gasteiger partial charge >= 0.3 is 0 Å². The summed E-state index contributed by atoms with van der Waals surface area (Å²) < 4.78 is 1.10. The molecule has 15 heavy (non-hydrogen) atoms. The lowest BCUT2D eigenvalue weighted by molar-refractivity contribution is -0.117. The highest BCUT2D eigenvalue weighted by Gasteiger charge is 2.30. The van der Waals surface area contributed by atoms with Crippen LogP contribution < -0.4 is 4.90 Å². The summed E-state index contributed by atoms with van der Waals surface area (Å²) in [5, 5.41) is 0. The van der Waals surface area contributed by atoms with E-state index >= 15 is 0 Å². The monoisotopic (exact) mass is 265 g/mol. The van der Waals surface area contributed by atoms with Crippen LogP contribution in [0.3, 0.4) is 0 Å². The lowest BCUT2D eigenvalue weighted by Crippen LogP contribution is -2.27. The van der Waals surface area contributed by atoms with E-state index in [1.165, 1.54) is 23.2 Å². The summed E-state index contributed by atoms with van der Waals surface area (Å²) in [7, 11) is 0. The molecule has 0 unspecified atom stereocenters. The molecule has 2 aliphatic rings. The van der Waals surface area contributed by atoms with Gasteiger partial charge in [-0.3, -0.25) is 4.79 Å². The number of hydrogen-bond donors (Lipinski definition) is 0. The summed E-state index contributed by atoms with van der Waals surface area (Å²) in [6.07, 6.45) is 4.00. The highest BCUT2D eigenvalue weighted by molar-refractivity contribution is 9.10. The van der Waals surface area contributed by atoms with Crippen LogP contribution in [0.15, 0.2) is 16.6 Å². The first-order valence-corrected chi connectivity index (χ1v) is 6.16. The number of rotatable bonds is 0. The minimum atomic E-state index is 0.270. The lowest BCUT2D eigenvalue weighted by Gasteiger charge is -2.16. The Kier molecular flexibility index (Phi) is 2.09. The Bertz CT molecular complexity index is 441. The van der Waals surface area contributed by atoms with Gasteiger partial charge in [0.25, 0.3) is 0 Å². The molecule has 1 aromatic rings. The molecule has 1 aromatic carbocycles. The molecule has 0 spiro atoms. The number of anilines is 1. The molecule has 78 valence electrons. The molecular weight excluding hydrogens is 254 g/mol. The fourth-order valence-electron chi connectivity index (χ4n) is 2.59. The Balaban J connectivity index is 2.22. The number of amides is 1. The Labute approximate surface area is 97.4 Å². The van der Waals surface area contributed by atoms with E-state index in [9.17, 15) is 4.79 Å².